The summed E-state index contributed by atoms with van der Waals surface area (Å²) in [6.45, 7) is 7.57. The van der Waals surface area contributed by atoms with Crippen molar-refractivity contribution >= 4 is 0 Å². The van der Waals surface area contributed by atoms with Crippen LogP contribution in [0.15, 0.2) is 18.2 Å². The molecule has 0 aromatic heterocycles. The summed E-state index contributed by atoms with van der Waals surface area (Å²) in [4.78, 5) is 0. The summed E-state index contributed by atoms with van der Waals surface area (Å²) >= 11 is 0. The largest absolute Gasteiger partial charge is 0.0885 e. The molecule has 0 rings (SSSR count). The second-order valence-corrected chi connectivity index (χ2v) is 4.19. The fourth-order valence-corrected chi connectivity index (χ4v) is 1.63. The Hall–Kier alpha value is -0.520. The van der Waals surface area contributed by atoms with E-state index in [0.717, 1.165) is 6.42 Å². The fourth-order valence-electron chi connectivity index (χ4n) is 1.63. The molecule has 0 amide bonds. The van der Waals surface area contributed by atoms with Crippen molar-refractivity contribution in [1.82, 2.24) is 0 Å². The van der Waals surface area contributed by atoms with Gasteiger partial charge in [0.2, 0.25) is 0 Å². The molecule has 0 aromatic carbocycles. The molecule has 0 aliphatic rings. The quantitative estimate of drug-likeness (QED) is 0.312. The van der Waals surface area contributed by atoms with Crippen LogP contribution in [0.4, 0.5) is 0 Å². The molecule has 0 spiro atoms. The number of unbranched alkanes of at least 4 members (excludes halogenated alkanes) is 8. The molecule has 0 aliphatic carbocycles. The molecule has 0 aliphatic heterocycles. The van der Waals surface area contributed by atoms with Gasteiger partial charge in [0.05, 0.1) is 0 Å². The van der Waals surface area contributed by atoms with Crippen molar-refractivity contribution in [1.29, 1.82) is 0 Å². The topological polar surface area (TPSA) is 0 Å². The van der Waals surface area contributed by atoms with E-state index in [9.17, 15) is 0 Å². The molecule has 0 aromatic rings. The van der Waals surface area contributed by atoms with Crippen LogP contribution in [0, 0.1) is 6.58 Å². The summed E-state index contributed by atoms with van der Waals surface area (Å²) in [5.41, 5.74) is 0. The van der Waals surface area contributed by atoms with Crippen molar-refractivity contribution in [3.63, 3.8) is 0 Å². The van der Waals surface area contributed by atoms with Crippen molar-refractivity contribution in [2.24, 2.45) is 0 Å². The summed E-state index contributed by atoms with van der Waals surface area (Å²) < 4.78 is 0. The Morgan fingerprint density at radius 3 is 2.00 bits per heavy atom. The lowest BCUT2D eigenvalue weighted by Crippen LogP contribution is -1.77. The SMILES string of the molecule is [CH]=CCCCC=CCCCCCCCC. The molecule has 15 heavy (non-hydrogen) atoms. The van der Waals surface area contributed by atoms with Crippen LogP contribution in [0.5, 0.6) is 0 Å². The van der Waals surface area contributed by atoms with Gasteiger partial charge in [-0.3, -0.25) is 0 Å². The standard InChI is InChI=1S/C15H27/c1-3-5-7-9-11-13-15-14-12-10-8-6-4-2/h1,3,11,13H,4-10,12,14-15H2,2H3. The van der Waals surface area contributed by atoms with Gasteiger partial charge in [0.15, 0.2) is 0 Å². The van der Waals surface area contributed by atoms with Gasteiger partial charge in [0.25, 0.3) is 0 Å². The Balaban J connectivity index is 2.99. The average Bonchev–Trinajstić information content (AvgIpc) is 2.26. The summed E-state index contributed by atoms with van der Waals surface area (Å²) in [5, 5.41) is 0. The van der Waals surface area contributed by atoms with Gasteiger partial charge in [-0.05, 0) is 32.1 Å². The van der Waals surface area contributed by atoms with Crippen molar-refractivity contribution < 1.29 is 0 Å². The van der Waals surface area contributed by atoms with Gasteiger partial charge in [0.1, 0.15) is 0 Å². The molecule has 0 nitrogen and oxygen atoms in total. The minimum Gasteiger partial charge on any atom is -0.0885 e. The van der Waals surface area contributed by atoms with Crippen LogP contribution in [0.25, 0.3) is 0 Å². The van der Waals surface area contributed by atoms with E-state index >= 15 is 0 Å². The summed E-state index contributed by atoms with van der Waals surface area (Å²) in [5.74, 6) is 0. The maximum absolute atomic E-state index is 5.30. The fraction of sp³-hybridized carbons (Fsp3) is 0.733. The van der Waals surface area contributed by atoms with E-state index in [1.807, 2.05) is 0 Å². The van der Waals surface area contributed by atoms with Crippen LogP contribution in [-0.4, -0.2) is 0 Å². The van der Waals surface area contributed by atoms with E-state index in [1.54, 1.807) is 6.08 Å². The van der Waals surface area contributed by atoms with Gasteiger partial charge < -0.3 is 0 Å². The second-order valence-electron chi connectivity index (χ2n) is 4.19. The van der Waals surface area contributed by atoms with Gasteiger partial charge in [-0.2, -0.15) is 0 Å². The highest BCUT2D eigenvalue weighted by atomic mass is 13.9. The Bertz CT molecular complexity index is 144. The Kier molecular flexibility index (Phi) is 13.0. The minimum atomic E-state index is 1.04. The molecular formula is C15H27. The van der Waals surface area contributed by atoms with Gasteiger partial charge >= 0.3 is 0 Å². The molecule has 1 radical (unpaired) electrons. The van der Waals surface area contributed by atoms with E-state index in [1.165, 1.54) is 57.8 Å². The van der Waals surface area contributed by atoms with Gasteiger partial charge in [-0.1, -0.05) is 63.8 Å². The lowest BCUT2D eigenvalue weighted by Gasteiger charge is -1.97. The molecule has 0 N–H and O–H groups in total. The Morgan fingerprint density at radius 2 is 1.33 bits per heavy atom. The highest BCUT2D eigenvalue weighted by Crippen LogP contribution is 2.07. The number of allylic oxidation sites excluding steroid dienone is 3. The molecule has 0 fully saturated rings. The van der Waals surface area contributed by atoms with Crippen LogP contribution in [0.1, 0.15) is 71.1 Å². The average molecular weight is 207 g/mol. The van der Waals surface area contributed by atoms with Crippen molar-refractivity contribution in [2.75, 3.05) is 0 Å². The van der Waals surface area contributed by atoms with Crippen LogP contribution in [0.2, 0.25) is 0 Å². The van der Waals surface area contributed by atoms with E-state index in [0.29, 0.717) is 0 Å². The molecule has 0 atom stereocenters. The van der Waals surface area contributed by atoms with Crippen LogP contribution < -0.4 is 0 Å². The molecule has 0 bridgehead atoms. The second kappa shape index (κ2) is 13.5. The molecule has 0 heterocycles. The van der Waals surface area contributed by atoms with E-state index in [2.05, 4.69) is 19.1 Å². The maximum Gasteiger partial charge on any atom is -0.0345 e. The number of rotatable bonds is 11. The molecular weight excluding hydrogens is 180 g/mol. The highest BCUT2D eigenvalue weighted by Gasteiger charge is 1.87. The third-order valence-corrected chi connectivity index (χ3v) is 2.63. The normalized spacial score (nSPS) is 11.0. The lowest BCUT2D eigenvalue weighted by molar-refractivity contribution is 0.611. The number of hydrogen-bond donors (Lipinski definition) is 0. The molecule has 0 heteroatoms. The molecule has 0 unspecified atom stereocenters. The third-order valence-electron chi connectivity index (χ3n) is 2.63. The Morgan fingerprint density at radius 1 is 0.733 bits per heavy atom. The van der Waals surface area contributed by atoms with Crippen LogP contribution >= 0.6 is 0 Å². The number of hydrogen-bond acceptors (Lipinski definition) is 0. The van der Waals surface area contributed by atoms with Crippen molar-refractivity contribution in [2.45, 2.75) is 71.1 Å². The van der Waals surface area contributed by atoms with E-state index in [-0.39, 0.29) is 0 Å². The zero-order valence-electron chi connectivity index (χ0n) is 10.4. The van der Waals surface area contributed by atoms with Crippen molar-refractivity contribution in [3.05, 3.63) is 24.8 Å². The first kappa shape index (κ1) is 14.5. The first-order chi connectivity index (χ1) is 7.41. The van der Waals surface area contributed by atoms with Gasteiger partial charge in [0, 0.05) is 0 Å². The molecule has 87 valence electrons. The summed E-state index contributed by atoms with van der Waals surface area (Å²) in [7, 11) is 0. The summed E-state index contributed by atoms with van der Waals surface area (Å²) in [6.07, 6.45) is 19.4. The smallest absolute Gasteiger partial charge is 0.0345 e. The van der Waals surface area contributed by atoms with Gasteiger partial charge in [-0.25, -0.2) is 0 Å². The lowest BCUT2D eigenvalue weighted by atomic mass is 10.1. The predicted molar refractivity (Wildman–Crippen MR) is 69.9 cm³/mol. The minimum absolute atomic E-state index is 1.04. The Labute approximate surface area is 96.5 Å². The highest BCUT2D eigenvalue weighted by molar-refractivity contribution is 4.82. The van der Waals surface area contributed by atoms with E-state index < -0.39 is 0 Å². The molecule has 0 saturated carbocycles. The van der Waals surface area contributed by atoms with Crippen molar-refractivity contribution in [3.8, 4) is 0 Å². The first-order valence-electron chi connectivity index (χ1n) is 6.60. The monoisotopic (exact) mass is 207 g/mol. The zero-order chi connectivity index (χ0) is 11.2. The molecule has 0 saturated heterocycles. The first-order valence-corrected chi connectivity index (χ1v) is 6.60. The maximum atomic E-state index is 5.30. The van der Waals surface area contributed by atoms with Crippen LogP contribution in [-0.2, 0) is 0 Å². The zero-order valence-corrected chi connectivity index (χ0v) is 10.4. The third kappa shape index (κ3) is 13.5. The summed E-state index contributed by atoms with van der Waals surface area (Å²) in [6, 6.07) is 0. The predicted octanol–water partition coefficient (Wildman–Crippen LogP) is 5.45. The van der Waals surface area contributed by atoms with Gasteiger partial charge in [-0.15, -0.1) is 0 Å². The van der Waals surface area contributed by atoms with E-state index in [4.69, 9.17) is 6.58 Å². The van der Waals surface area contributed by atoms with Crippen LogP contribution in [0.3, 0.4) is 0 Å².